The number of hydrogen-bond donors (Lipinski definition) is 2. The van der Waals surface area contributed by atoms with E-state index in [2.05, 4.69) is 10.6 Å². The molecule has 0 spiro atoms. The Morgan fingerprint density at radius 3 is 2.05 bits per heavy atom. The Morgan fingerprint density at radius 2 is 1.45 bits per heavy atom. The highest BCUT2D eigenvalue weighted by molar-refractivity contribution is 6.42. The summed E-state index contributed by atoms with van der Waals surface area (Å²) in [7, 11) is 0. The molecule has 0 bridgehead atoms. The maximum absolute atomic E-state index is 11.9. The molecule has 3 nitrogen and oxygen atoms in total. The molecule has 0 atom stereocenters. The topological polar surface area (TPSA) is 41.1 Å². The number of urea groups is 1. The summed E-state index contributed by atoms with van der Waals surface area (Å²) in [6.07, 6.45) is 0. The summed E-state index contributed by atoms with van der Waals surface area (Å²) in [5.41, 5.74) is 0.759. The van der Waals surface area contributed by atoms with Crippen molar-refractivity contribution in [3.05, 3.63) is 56.5 Å². The number of nitrogens with one attached hydrogen (secondary N) is 2. The Balaban J connectivity index is 2.15. The molecule has 0 unspecified atom stereocenters. The summed E-state index contributed by atoms with van der Waals surface area (Å²) in [5, 5.41) is 6.45. The molecule has 0 aliphatic heterocycles. The fraction of sp³-hybridized carbons (Fsp3) is 0. The molecule has 2 rings (SSSR count). The van der Waals surface area contributed by atoms with Crippen LogP contribution in [0.1, 0.15) is 0 Å². The molecule has 0 saturated carbocycles. The van der Waals surface area contributed by atoms with Gasteiger partial charge in [0, 0.05) is 5.02 Å². The lowest BCUT2D eigenvalue weighted by Gasteiger charge is -2.11. The first kappa shape index (κ1) is 15.3. The number of carbonyl (C=O) groups excluding carboxylic acids is 1. The average molecular weight is 350 g/mol. The van der Waals surface area contributed by atoms with Gasteiger partial charge in [0.05, 0.1) is 26.4 Å². The molecular weight excluding hydrogens is 342 g/mol. The quantitative estimate of drug-likeness (QED) is 0.691. The number of amides is 2. The van der Waals surface area contributed by atoms with Crippen molar-refractivity contribution in [2.75, 3.05) is 10.6 Å². The molecule has 0 aliphatic rings. The molecule has 2 N–H and O–H groups in total. The van der Waals surface area contributed by atoms with E-state index in [9.17, 15) is 4.79 Å². The summed E-state index contributed by atoms with van der Waals surface area (Å²) in [4.78, 5) is 11.9. The molecule has 0 heterocycles. The second-order valence-corrected chi connectivity index (χ2v) is 5.46. The summed E-state index contributed by atoms with van der Waals surface area (Å²) in [5.74, 6) is 0. The van der Waals surface area contributed by atoms with E-state index >= 15 is 0 Å². The van der Waals surface area contributed by atoms with Crippen LogP contribution < -0.4 is 10.6 Å². The third-order valence-electron chi connectivity index (χ3n) is 2.37. The van der Waals surface area contributed by atoms with Crippen LogP contribution in [0.5, 0.6) is 0 Å². The van der Waals surface area contributed by atoms with Crippen LogP contribution in [0, 0.1) is 0 Å². The first-order valence-corrected chi connectivity index (χ1v) is 6.95. The van der Waals surface area contributed by atoms with Crippen molar-refractivity contribution in [2.24, 2.45) is 0 Å². The van der Waals surface area contributed by atoms with E-state index in [0.29, 0.717) is 15.7 Å². The Hall–Kier alpha value is -1.13. The van der Waals surface area contributed by atoms with Gasteiger partial charge in [-0.1, -0.05) is 58.5 Å². The number of hydrogen-bond acceptors (Lipinski definition) is 1. The highest BCUT2D eigenvalue weighted by atomic mass is 35.5. The summed E-state index contributed by atoms with van der Waals surface area (Å²) in [6, 6.07) is 9.32. The van der Waals surface area contributed by atoms with Crippen LogP contribution in [-0.4, -0.2) is 6.03 Å². The maximum Gasteiger partial charge on any atom is 0.323 e. The lowest BCUT2D eigenvalue weighted by atomic mass is 10.3. The van der Waals surface area contributed by atoms with Crippen molar-refractivity contribution >= 4 is 63.8 Å². The van der Waals surface area contributed by atoms with Gasteiger partial charge in [0.15, 0.2) is 0 Å². The molecule has 0 aliphatic carbocycles. The predicted octanol–water partition coefficient (Wildman–Crippen LogP) is 5.94. The van der Waals surface area contributed by atoms with Gasteiger partial charge in [-0.3, -0.25) is 0 Å². The van der Waals surface area contributed by atoms with Gasteiger partial charge in [0.2, 0.25) is 0 Å². The van der Waals surface area contributed by atoms with Crippen LogP contribution in [0.15, 0.2) is 36.4 Å². The minimum atomic E-state index is -0.510. The largest absolute Gasteiger partial charge is 0.323 e. The first-order valence-electron chi connectivity index (χ1n) is 5.44. The van der Waals surface area contributed by atoms with Crippen molar-refractivity contribution in [1.29, 1.82) is 0 Å². The van der Waals surface area contributed by atoms with Crippen molar-refractivity contribution < 1.29 is 4.79 Å². The highest BCUT2D eigenvalue weighted by Crippen LogP contribution is 2.33. The molecule has 0 radical (unpaired) electrons. The van der Waals surface area contributed by atoms with E-state index < -0.39 is 6.03 Å². The van der Waals surface area contributed by atoms with E-state index in [1.807, 2.05) is 0 Å². The summed E-state index contributed by atoms with van der Waals surface area (Å²) >= 11 is 23.7. The number of anilines is 2. The van der Waals surface area contributed by atoms with Crippen LogP contribution in [0.3, 0.4) is 0 Å². The number of rotatable bonds is 2. The second-order valence-electron chi connectivity index (χ2n) is 3.80. The minimum Gasteiger partial charge on any atom is -0.306 e. The fourth-order valence-electron chi connectivity index (χ4n) is 1.49. The van der Waals surface area contributed by atoms with Crippen LogP contribution in [0.2, 0.25) is 20.1 Å². The standard InChI is InChI=1S/C13H8Cl4N2O/c14-7-5-9(16)12(10(17)6-7)19-13(20)18-11-4-2-1-3-8(11)15/h1-6H,(H2,18,19,20). The number of para-hydroxylation sites is 1. The van der Waals surface area contributed by atoms with Crippen LogP contribution in [0.4, 0.5) is 16.2 Å². The zero-order valence-corrected chi connectivity index (χ0v) is 12.9. The van der Waals surface area contributed by atoms with Gasteiger partial charge in [0.25, 0.3) is 0 Å². The number of carbonyl (C=O) groups is 1. The number of benzene rings is 2. The van der Waals surface area contributed by atoms with Crippen LogP contribution in [0.25, 0.3) is 0 Å². The third kappa shape index (κ3) is 3.70. The molecule has 2 aromatic rings. The summed E-state index contributed by atoms with van der Waals surface area (Å²) in [6.45, 7) is 0. The van der Waals surface area contributed by atoms with E-state index in [0.717, 1.165) is 0 Å². The molecule has 0 fully saturated rings. The Kier molecular flexibility index (Phi) is 5.00. The van der Waals surface area contributed by atoms with Gasteiger partial charge in [-0.2, -0.15) is 0 Å². The van der Waals surface area contributed by atoms with Gasteiger partial charge in [-0.05, 0) is 24.3 Å². The molecule has 20 heavy (non-hydrogen) atoms. The maximum atomic E-state index is 11.9. The molecule has 0 saturated heterocycles. The Morgan fingerprint density at radius 1 is 0.850 bits per heavy atom. The fourth-order valence-corrected chi connectivity index (χ4v) is 2.59. The SMILES string of the molecule is O=C(Nc1ccccc1Cl)Nc1c(Cl)cc(Cl)cc1Cl. The zero-order chi connectivity index (χ0) is 14.7. The van der Waals surface area contributed by atoms with E-state index in [1.165, 1.54) is 12.1 Å². The average Bonchev–Trinajstić information content (AvgIpc) is 2.36. The molecule has 2 aromatic carbocycles. The lowest BCUT2D eigenvalue weighted by molar-refractivity contribution is 0.262. The molecular formula is C13H8Cl4N2O. The van der Waals surface area contributed by atoms with Crippen molar-refractivity contribution in [3.8, 4) is 0 Å². The highest BCUT2D eigenvalue weighted by Gasteiger charge is 2.12. The van der Waals surface area contributed by atoms with Crippen LogP contribution >= 0.6 is 46.4 Å². The van der Waals surface area contributed by atoms with E-state index in [4.69, 9.17) is 46.4 Å². The smallest absolute Gasteiger partial charge is 0.306 e. The normalized spacial score (nSPS) is 10.2. The first-order chi connectivity index (χ1) is 9.47. The van der Waals surface area contributed by atoms with Gasteiger partial charge < -0.3 is 10.6 Å². The van der Waals surface area contributed by atoms with Crippen molar-refractivity contribution in [3.63, 3.8) is 0 Å². The van der Waals surface area contributed by atoms with Gasteiger partial charge in [0.1, 0.15) is 0 Å². The summed E-state index contributed by atoms with van der Waals surface area (Å²) < 4.78 is 0. The molecule has 7 heteroatoms. The number of halogens is 4. The van der Waals surface area contributed by atoms with Crippen molar-refractivity contribution in [2.45, 2.75) is 0 Å². The van der Waals surface area contributed by atoms with Crippen molar-refractivity contribution in [1.82, 2.24) is 0 Å². The van der Waals surface area contributed by atoms with Crippen LogP contribution in [-0.2, 0) is 0 Å². The van der Waals surface area contributed by atoms with Gasteiger partial charge in [-0.25, -0.2) is 4.79 Å². The minimum absolute atomic E-state index is 0.247. The zero-order valence-electron chi connectivity index (χ0n) is 9.88. The molecule has 0 aromatic heterocycles. The van der Waals surface area contributed by atoms with E-state index in [-0.39, 0.29) is 15.7 Å². The van der Waals surface area contributed by atoms with E-state index in [1.54, 1.807) is 24.3 Å². The molecule has 2 amide bonds. The second kappa shape index (κ2) is 6.55. The van der Waals surface area contributed by atoms with Gasteiger partial charge >= 0.3 is 6.03 Å². The predicted molar refractivity (Wildman–Crippen MR) is 85.6 cm³/mol. The third-order valence-corrected chi connectivity index (χ3v) is 3.51. The van der Waals surface area contributed by atoms with Gasteiger partial charge in [-0.15, -0.1) is 0 Å². The Bertz CT molecular complexity index is 638. The lowest BCUT2D eigenvalue weighted by Crippen LogP contribution is -2.20. The molecule has 104 valence electrons. The monoisotopic (exact) mass is 348 g/mol. The Labute approximate surface area is 135 Å².